The molecule has 0 fully saturated rings. The average molecular weight is 396 g/mol. The molecule has 0 aliphatic carbocycles. The molecular weight excluding hydrogens is 372 g/mol. The van der Waals surface area contributed by atoms with E-state index in [9.17, 15) is 9.59 Å². The highest BCUT2D eigenvalue weighted by Crippen LogP contribution is 2.29. The predicted octanol–water partition coefficient (Wildman–Crippen LogP) is 1.98. The van der Waals surface area contributed by atoms with Crippen LogP contribution in [0.1, 0.15) is 24.8 Å². The van der Waals surface area contributed by atoms with Crippen molar-refractivity contribution in [3.05, 3.63) is 46.3 Å². The summed E-state index contributed by atoms with van der Waals surface area (Å²) in [6, 6.07) is 3.85. The Hall–Kier alpha value is -3.36. The Bertz CT molecular complexity index is 1240. The highest BCUT2D eigenvalue weighted by atomic mass is 16.3. The zero-order valence-electron chi connectivity index (χ0n) is 16.8. The van der Waals surface area contributed by atoms with Gasteiger partial charge in [-0.3, -0.25) is 14.3 Å². The van der Waals surface area contributed by atoms with Crippen molar-refractivity contribution in [3.8, 4) is 0 Å². The summed E-state index contributed by atoms with van der Waals surface area (Å²) in [5, 5.41) is 12.0. The second kappa shape index (κ2) is 7.57. The van der Waals surface area contributed by atoms with E-state index in [2.05, 4.69) is 15.5 Å². The van der Waals surface area contributed by atoms with Crippen LogP contribution in [-0.2, 0) is 24.4 Å². The van der Waals surface area contributed by atoms with Crippen molar-refractivity contribution in [1.29, 1.82) is 0 Å². The summed E-state index contributed by atoms with van der Waals surface area (Å²) in [6.07, 6.45) is 4.26. The van der Waals surface area contributed by atoms with Gasteiger partial charge in [0, 0.05) is 31.9 Å². The smallest absolute Gasteiger partial charge is 0.291 e. The lowest BCUT2D eigenvalue weighted by atomic mass is 10.3. The van der Waals surface area contributed by atoms with Gasteiger partial charge in [0.25, 0.3) is 5.56 Å². The molecule has 9 heteroatoms. The lowest BCUT2D eigenvalue weighted by molar-refractivity contribution is -0.121. The van der Waals surface area contributed by atoms with Gasteiger partial charge in [0.15, 0.2) is 5.58 Å². The lowest BCUT2D eigenvalue weighted by Crippen LogP contribution is -2.34. The zero-order valence-corrected chi connectivity index (χ0v) is 16.8. The number of carbonyl (C=O) groups is 1. The number of hydrogen-bond acceptors (Lipinski definition) is 5. The molecular formula is C20H24N6O3. The SMILES string of the molecule is CCn1c2cc(C)oc2c2cnn(CC(=O)NCCCn3ccc(C)n3)c(=O)c21. The molecule has 4 rings (SSSR count). The van der Waals surface area contributed by atoms with Crippen LogP contribution in [-0.4, -0.2) is 36.6 Å². The number of nitrogens with zero attached hydrogens (tertiary/aromatic N) is 5. The zero-order chi connectivity index (χ0) is 20.5. The van der Waals surface area contributed by atoms with E-state index in [4.69, 9.17) is 4.42 Å². The molecule has 0 atom stereocenters. The molecule has 0 saturated heterocycles. The quantitative estimate of drug-likeness (QED) is 0.482. The van der Waals surface area contributed by atoms with E-state index < -0.39 is 0 Å². The number of nitrogens with one attached hydrogen (secondary N) is 1. The topological polar surface area (TPSA) is 99.9 Å². The van der Waals surface area contributed by atoms with Crippen LogP contribution in [0.3, 0.4) is 0 Å². The Kier molecular flexibility index (Phi) is 4.96. The highest BCUT2D eigenvalue weighted by molar-refractivity contribution is 6.04. The number of furan rings is 1. The predicted molar refractivity (Wildman–Crippen MR) is 109 cm³/mol. The van der Waals surface area contributed by atoms with Crippen LogP contribution < -0.4 is 10.9 Å². The van der Waals surface area contributed by atoms with Crippen molar-refractivity contribution in [2.24, 2.45) is 0 Å². The van der Waals surface area contributed by atoms with Crippen LogP contribution in [0, 0.1) is 13.8 Å². The lowest BCUT2D eigenvalue weighted by Gasteiger charge is -2.08. The first-order chi connectivity index (χ1) is 14.0. The van der Waals surface area contributed by atoms with Gasteiger partial charge in [-0.05, 0) is 33.3 Å². The van der Waals surface area contributed by atoms with E-state index in [0.29, 0.717) is 29.6 Å². The Balaban J connectivity index is 1.47. The molecule has 0 unspecified atom stereocenters. The molecule has 0 aromatic carbocycles. The van der Waals surface area contributed by atoms with Crippen molar-refractivity contribution in [2.75, 3.05) is 6.54 Å². The van der Waals surface area contributed by atoms with Gasteiger partial charge in [0.05, 0.1) is 22.8 Å². The van der Waals surface area contributed by atoms with E-state index in [1.165, 1.54) is 4.68 Å². The number of carbonyl (C=O) groups excluding carboxylic acids is 1. The number of aromatic nitrogens is 5. The molecule has 0 aliphatic rings. The molecule has 0 saturated carbocycles. The first kappa shape index (κ1) is 19.0. The molecule has 1 amide bonds. The Morgan fingerprint density at radius 3 is 2.86 bits per heavy atom. The van der Waals surface area contributed by atoms with Crippen LogP contribution in [0.15, 0.2) is 33.7 Å². The first-order valence-corrected chi connectivity index (χ1v) is 9.73. The molecule has 1 N–H and O–H groups in total. The second-order valence-corrected chi connectivity index (χ2v) is 7.11. The van der Waals surface area contributed by atoms with E-state index in [-0.39, 0.29) is 18.0 Å². The summed E-state index contributed by atoms with van der Waals surface area (Å²) >= 11 is 0. The number of aryl methyl sites for hydroxylation is 4. The fourth-order valence-electron chi connectivity index (χ4n) is 3.61. The van der Waals surface area contributed by atoms with Crippen LogP contribution >= 0.6 is 0 Å². The molecule has 9 nitrogen and oxygen atoms in total. The van der Waals surface area contributed by atoms with E-state index in [1.54, 1.807) is 6.20 Å². The fraction of sp³-hybridized carbons (Fsp3) is 0.400. The van der Waals surface area contributed by atoms with Gasteiger partial charge in [-0.15, -0.1) is 0 Å². The van der Waals surface area contributed by atoms with Crippen LogP contribution in [0.2, 0.25) is 0 Å². The van der Waals surface area contributed by atoms with Crippen molar-refractivity contribution in [1.82, 2.24) is 29.4 Å². The third-order valence-electron chi connectivity index (χ3n) is 4.93. The fourth-order valence-corrected chi connectivity index (χ4v) is 3.61. The van der Waals surface area contributed by atoms with Crippen molar-refractivity contribution >= 4 is 27.9 Å². The second-order valence-electron chi connectivity index (χ2n) is 7.11. The molecule has 0 bridgehead atoms. The summed E-state index contributed by atoms with van der Waals surface area (Å²) in [4.78, 5) is 25.2. The molecule has 4 aromatic heterocycles. The minimum Gasteiger partial charge on any atom is -0.459 e. The Labute approximate surface area is 166 Å². The summed E-state index contributed by atoms with van der Waals surface area (Å²) in [6.45, 7) is 7.51. The third kappa shape index (κ3) is 3.55. The summed E-state index contributed by atoms with van der Waals surface area (Å²) in [7, 11) is 0. The Morgan fingerprint density at radius 2 is 2.14 bits per heavy atom. The van der Waals surface area contributed by atoms with Gasteiger partial charge < -0.3 is 14.3 Å². The minimum absolute atomic E-state index is 0.120. The van der Waals surface area contributed by atoms with E-state index in [1.807, 2.05) is 48.3 Å². The molecule has 29 heavy (non-hydrogen) atoms. The normalized spacial score (nSPS) is 11.6. The number of amides is 1. The molecule has 0 spiro atoms. The van der Waals surface area contributed by atoms with Crippen LogP contribution in [0.4, 0.5) is 0 Å². The standard InChI is InChI=1S/C20H24N6O3/c1-4-25-16-10-14(3)29-19(16)15-11-22-26(20(28)18(15)25)12-17(27)21-7-5-8-24-9-6-13(2)23-24/h6,9-11H,4-5,7-8,12H2,1-3H3,(H,21,27). The number of hydrogen-bond donors (Lipinski definition) is 1. The van der Waals surface area contributed by atoms with Gasteiger partial charge in [0.2, 0.25) is 5.91 Å². The monoisotopic (exact) mass is 396 g/mol. The summed E-state index contributed by atoms with van der Waals surface area (Å²) < 4.78 is 10.7. The maximum atomic E-state index is 13.0. The van der Waals surface area contributed by atoms with E-state index >= 15 is 0 Å². The van der Waals surface area contributed by atoms with Crippen LogP contribution in [0.5, 0.6) is 0 Å². The van der Waals surface area contributed by atoms with Crippen molar-refractivity contribution in [2.45, 2.75) is 46.8 Å². The summed E-state index contributed by atoms with van der Waals surface area (Å²) in [5.41, 5.74) is 2.71. The Morgan fingerprint density at radius 1 is 1.31 bits per heavy atom. The maximum Gasteiger partial charge on any atom is 0.291 e. The van der Waals surface area contributed by atoms with Gasteiger partial charge in [-0.25, -0.2) is 4.68 Å². The van der Waals surface area contributed by atoms with Gasteiger partial charge in [-0.2, -0.15) is 10.2 Å². The van der Waals surface area contributed by atoms with Crippen molar-refractivity contribution < 1.29 is 9.21 Å². The highest BCUT2D eigenvalue weighted by Gasteiger charge is 2.19. The molecule has 4 aromatic rings. The number of fused-ring (bicyclic) bond motifs is 3. The largest absolute Gasteiger partial charge is 0.459 e. The molecule has 152 valence electrons. The third-order valence-corrected chi connectivity index (χ3v) is 4.93. The van der Waals surface area contributed by atoms with Gasteiger partial charge >= 0.3 is 0 Å². The van der Waals surface area contributed by atoms with Crippen LogP contribution in [0.25, 0.3) is 22.0 Å². The van der Waals surface area contributed by atoms with Crippen molar-refractivity contribution in [3.63, 3.8) is 0 Å². The number of rotatable bonds is 7. The first-order valence-electron chi connectivity index (χ1n) is 9.73. The molecule has 4 heterocycles. The van der Waals surface area contributed by atoms with E-state index in [0.717, 1.165) is 29.9 Å². The maximum absolute atomic E-state index is 13.0. The molecule has 0 radical (unpaired) electrons. The van der Waals surface area contributed by atoms with Gasteiger partial charge in [0.1, 0.15) is 17.8 Å². The summed E-state index contributed by atoms with van der Waals surface area (Å²) in [5.74, 6) is 0.540. The van der Waals surface area contributed by atoms with Gasteiger partial charge in [-0.1, -0.05) is 0 Å². The molecule has 0 aliphatic heterocycles. The minimum atomic E-state index is -0.296. The average Bonchev–Trinajstić information content (AvgIpc) is 3.34.